The zero-order valence-corrected chi connectivity index (χ0v) is 17.7. The van der Waals surface area contributed by atoms with Crippen LogP contribution in [0.1, 0.15) is 55.9 Å². The maximum Gasteiger partial charge on any atom is 0.255 e. The third kappa shape index (κ3) is 4.18. The Hall–Kier alpha value is -2.89. The van der Waals surface area contributed by atoms with Crippen molar-refractivity contribution >= 4 is 22.5 Å². The van der Waals surface area contributed by atoms with E-state index >= 15 is 0 Å². The van der Waals surface area contributed by atoms with Gasteiger partial charge >= 0.3 is 0 Å². The number of halogens is 1. The molecule has 30 heavy (non-hydrogen) atoms. The quantitative estimate of drug-likeness (QED) is 0.577. The van der Waals surface area contributed by atoms with Crippen LogP contribution >= 0.6 is 0 Å². The molecule has 2 aromatic carbocycles. The predicted octanol–water partition coefficient (Wildman–Crippen LogP) is 5.82. The van der Waals surface area contributed by atoms with Crippen molar-refractivity contribution in [3.8, 4) is 5.75 Å². The van der Waals surface area contributed by atoms with Crippen molar-refractivity contribution in [1.29, 1.82) is 0 Å². The number of methoxy groups -OCH3 is 1. The van der Waals surface area contributed by atoms with Crippen LogP contribution in [0, 0.1) is 17.7 Å². The third-order valence-electron chi connectivity index (χ3n) is 6.24. The Labute approximate surface area is 176 Å². The zero-order valence-electron chi connectivity index (χ0n) is 17.7. The molecule has 1 fully saturated rings. The van der Waals surface area contributed by atoms with Gasteiger partial charge < -0.3 is 10.1 Å². The molecule has 0 aliphatic heterocycles. The van der Waals surface area contributed by atoms with Gasteiger partial charge in [0.25, 0.3) is 5.91 Å². The molecular formula is C24H28FN3O2. The van der Waals surface area contributed by atoms with Gasteiger partial charge in [-0.15, -0.1) is 0 Å². The van der Waals surface area contributed by atoms with E-state index in [0.717, 1.165) is 35.6 Å². The molecule has 1 saturated carbocycles. The summed E-state index contributed by atoms with van der Waals surface area (Å²) < 4.78 is 21.0. The number of rotatable bonds is 5. The number of nitrogens with one attached hydrogen (secondary N) is 1. The van der Waals surface area contributed by atoms with Crippen molar-refractivity contribution in [2.75, 3.05) is 12.4 Å². The number of nitrogens with zero attached hydrogens (tertiary/aromatic N) is 2. The van der Waals surface area contributed by atoms with Gasteiger partial charge in [0.05, 0.1) is 24.4 Å². The van der Waals surface area contributed by atoms with E-state index in [2.05, 4.69) is 23.8 Å². The summed E-state index contributed by atoms with van der Waals surface area (Å²) in [5.74, 6) is 1.23. The van der Waals surface area contributed by atoms with Crippen LogP contribution in [0.2, 0.25) is 0 Å². The average molecular weight is 410 g/mol. The lowest BCUT2D eigenvalue weighted by molar-refractivity contribution is 0.102. The SMILES string of the molecule is COc1cc2nn([C@H]3CC[C@H](C(C)C)CC3)cc2cc1NC(=O)c1cccc(F)c1. The summed E-state index contributed by atoms with van der Waals surface area (Å²) in [4.78, 5) is 12.6. The van der Waals surface area contributed by atoms with Gasteiger partial charge in [0.1, 0.15) is 11.6 Å². The van der Waals surface area contributed by atoms with Crippen molar-refractivity contribution < 1.29 is 13.9 Å². The molecule has 0 saturated heterocycles. The second kappa shape index (κ2) is 8.46. The number of hydrogen-bond donors (Lipinski definition) is 1. The fourth-order valence-electron chi connectivity index (χ4n) is 4.38. The molecule has 1 amide bonds. The summed E-state index contributed by atoms with van der Waals surface area (Å²) in [7, 11) is 1.56. The summed E-state index contributed by atoms with van der Waals surface area (Å²) in [6.45, 7) is 4.61. The lowest BCUT2D eigenvalue weighted by Crippen LogP contribution is -2.21. The summed E-state index contributed by atoms with van der Waals surface area (Å²) in [5, 5.41) is 8.56. The molecule has 5 nitrogen and oxygen atoms in total. The van der Waals surface area contributed by atoms with Crippen LogP contribution in [-0.4, -0.2) is 22.8 Å². The number of benzene rings is 2. The summed E-state index contributed by atoms with van der Waals surface area (Å²) in [6.07, 6.45) is 6.79. The number of aromatic nitrogens is 2. The molecule has 1 aliphatic rings. The molecule has 3 aromatic rings. The fraction of sp³-hybridized carbons (Fsp3) is 0.417. The van der Waals surface area contributed by atoms with Crippen LogP contribution in [0.3, 0.4) is 0 Å². The minimum atomic E-state index is -0.446. The van der Waals surface area contributed by atoms with Crippen LogP contribution in [0.4, 0.5) is 10.1 Å². The predicted molar refractivity (Wildman–Crippen MR) is 116 cm³/mol. The van der Waals surface area contributed by atoms with Gasteiger partial charge in [0, 0.05) is 23.2 Å². The molecule has 1 aromatic heterocycles. The topological polar surface area (TPSA) is 56.1 Å². The number of carbonyl (C=O) groups excluding carboxylic acids is 1. The third-order valence-corrected chi connectivity index (χ3v) is 6.24. The molecule has 0 atom stereocenters. The van der Waals surface area contributed by atoms with E-state index in [9.17, 15) is 9.18 Å². The van der Waals surface area contributed by atoms with E-state index in [1.165, 1.54) is 31.0 Å². The molecule has 1 aliphatic carbocycles. The number of fused-ring (bicyclic) bond motifs is 1. The Bertz CT molecular complexity index is 1050. The normalized spacial score (nSPS) is 19.2. The smallest absolute Gasteiger partial charge is 0.255 e. The lowest BCUT2D eigenvalue weighted by Gasteiger charge is -2.30. The van der Waals surface area contributed by atoms with Crippen LogP contribution in [-0.2, 0) is 0 Å². The Morgan fingerprint density at radius 3 is 2.63 bits per heavy atom. The molecule has 0 unspecified atom stereocenters. The monoisotopic (exact) mass is 409 g/mol. The van der Waals surface area contributed by atoms with Crippen LogP contribution in [0.25, 0.3) is 10.9 Å². The van der Waals surface area contributed by atoms with Crippen LogP contribution in [0.15, 0.2) is 42.6 Å². The molecule has 0 radical (unpaired) electrons. The van der Waals surface area contributed by atoms with Gasteiger partial charge in [0.2, 0.25) is 0 Å². The highest BCUT2D eigenvalue weighted by atomic mass is 19.1. The Morgan fingerprint density at radius 1 is 1.20 bits per heavy atom. The Morgan fingerprint density at radius 2 is 1.97 bits per heavy atom. The van der Waals surface area contributed by atoms with Crippen molar-refractivity contribution in [2.45, 2.75) is 45.6 Å². The molecular weight excluding hydrogens is 381 g/mol. The highest BCUT2D eigenvalue weighted by molar-refractivity contribution is 6.06. The first-order chi connectivity index (χ1) is 14.4. The number of amides is 1. The first-order valence-electron chi connectivity index (χ1n) is 10.6. The largest absolute Gasteiger partial charge is 0.494 e. The minimum Gasteiger partial charge on any atom is -0.494 e. The number of anilines is 1. The van der Waals surface area contributed by atoms with E-state index in [1.807, 2.05) is 18.3 Å². The summed E-state index contributed by atoms with van der Waals surface area (Å²) in [6, 6.07) is 9.74. The zero-order chi connectivity index (χ0) is 21.3. The van der Waals surface area contributed by atoms with E-state index in [0.29, 0.717) is 17.5 Å². The van der Waals surface area contributed by atoms with E-state index < -0.39 is 5.82 Å². The number of ether oxygens (including phenoxy) is 1. The molecule has 1 N–H and O–H groups in total. The molecule has 1 heterocycles. The number of carbonyl (C=O) groups is 1. The first-order valence-corrected chi connectivity index (χ1v) is 10.6. The second-order valence-corrected chi connectivity index (χ2v) is 8.50. The highest BCUT2D eigenvalue weighted by Gasteiger charge is 2.25. The summed E-state index contributed by atoms with van der Waals surface area (Å²) >= 11 is 0. The Kier molecular flexibility index (Phi) is 5.75. The van der Waals surface area contributed by atoms with Crippen molar-refractivity contribution in [3.05, 3.63) is 54.0 Å². The van der Waals surface area contributed by atoms with Crippen LogP contribution < -0.4 is 10.1 Å². The van der Waals surface area contributed by atoms with E-state index in [1.54, 1.807) is 13.2 Å². The van der Waals surface area contributed by atoms with E-state index in [-0.39, 0.29) is 11.5 Å². The standard InChI is InChI=1S/C24H28FN3O2/c1-15(2)16-7-9-20(10-8-16)28-14-18-12-22(23(30-3)13-21(18)27-28)26-24(29)17-5-4-6-19(25)11-17/h4-6,11-16,20H,7-10H2,1-3H3,(H,26,29)/t16-,20-. The minimum absolute atomic E-state index is 0.259. The Balaban J connectivity index is 1.57. The van der Waals surface area contributed by atoms with Crippen LogP contribution in [0.5, 0.6) is 5.75 Å². The highest BCUT2D eigenvalue weighted by Crippen LogP contribution is 2.37. The van der Waals surface area contributed by atoms with Gasteiger partial charge in [0.15, 0.2) is 0 Å². The van der Waals surface area contributed by atoms with E-state index in [4.69, 9.17) is 9.84 Å². The average Bonchev–Trinajstić information content (AvgIpc) is 3.16. The van der Waals surface area contributed by atoms with Gasteiger partial charge in [-0.3, -0.25) is 9.48 Å². The maximum atomic E-state index is 13.5. The molecule has 6 heteroatoms. The fourth-order valence-corrected chi connectivity index (χ4v) is 4.38. The van der Waals surface area contributed by atoms with Crippen molar-refractivity contribution in [1.82, 2.24) is 9.78 Å². The van der Waals surface area contributed by atoms with Gasteiger partial charge in [-0.25, -0.2) is 4.39 Å². The molecule has 0 bridgehead atoms. The first kappa shape index (κ1) is 20.4. The molecule has 4 rings (SSSR count). The second-order valence-electron chi connectivity index (χ2n) is 8.50. The van der Waals surface area contributed by atoms with Crippen molar-refractivity contribution in [3.63, 3.8) is 0 Å². The lowest BCUT2D eigenvalue weighted by atomic mass is 9.80. The molecule has 158 valence electrons. The van der Waals surface area contributed by atoms with Gasteiger partial charge in [-0.1, -0.05) is 19.9 Å². The summed E-state index contributed by atoms with van der Waals surface area (Å²) in [5.41, 5.74) is 1.64. The van der Waals surface area contributed by atoms with Gasteiger partial charge in [-0.2, -0.15) is 5.10 Å². The van der Waals surface area contributed by atoms with Crippen molar-refractivity contribution in [2.24, 2.45) is 11.8 Å². The van der Waals surface area contributed by atoms with Gasteiger partial charge in [-0.05, 0) is 61.8 Å². The number of hydrogen-bond acceptors (Lipinski definition) is 3. The maximum absolute atomic E-state index is 13.5. The molecule has 0 spiro atoms.